The molecule has 0 radical (unpaired) electrons. The molecule has 0 aromatic heterocycles. The lowest BCUT2D eigenvalue weighted by atomic mass is 9.87. The van der Waals surface area contributed by atoms with E-state index < -0.39 is 5.82 Å². The fraction of sp³-hybridized carbons (Fsp3) is 0.278. The Bertz CT molecular complexity index is 728. The molecule has 2 aromatic rings. The van der Waals surface area contributed by atoms with Gasteiger partial charge in [-0.3, -0.25) is 4.79 Å². The highest BCUT2D eigenvalue weighted by Gasteiger charge is 2.22. The van der Waals surface area contributed by atoms with E-state index in [0.29, 0.717) is 0 Å². The summed E-state index contributed by atoms with van der Waals surface area (Å²) < 4.78 is 13.8. The first kappa shape index (κ1) is 15.8. The Labute approximate surface area is 139 Å². The third-order valence-electron chi connectivity index (χ3n) is 4.22. The van der Waals surface area contributed by atoms with Crippen LogP contribution in [0, 0.1) is 5.82 Å². The maximum Gasteiger partial charge on any atom is 0.225 e. The van der Waals surface area contributed by atoms with Crippen LogP contribution >= 0.6 is 11.6 Å². The second-order valence-electron chi connectivity index (χ2n) is 5.85. The summed E-state index contributed by atoms with van der Waals surface area (Å²) in [4.78, 5) is 12.3. The zero-order valence-corrected chi connectivity index (χ0v) is 13.4. The molecule has 0 bridgehead atoms. The fourth-order valence-electron chi connectivity index (χ4n) is 3.09. The number of carbonyl (C=O) groups is 1. The van der Waals surface area contributed by atoms with E-state index in [2.05, 4.69) is 5.32 Å². The van der Waals surface area contributed by atoms with Crippen molar-refractivity contribution >= 4 is 23.2 Å². The van der Waals surface area contributed by atoms with Crippen molar-refractivity contribution in [1.29, 1.82) is 0 Å². The van der Waals surface area contributed by atoms with Crippen LogP contribution in [0.4, 0.5) is 10.1 Å². The number of carbonyl (C=O) groups excluding carboxylic acids is 1. The van der Waals surface area contributed by atoms with E-state index in [1.54, 1.807) is 6.07 Å². The smallest absolute Gasteiger partial charge is 0.225 e. The van der Waals surface area contributed by atoms with E-state index in [1.165, 1.54) is 17.7 Å². The summed E-state index contributed by atoms with van der Waals surface area (Å²) in [7, 11) is 0. The van der Waals surface area contributed by atoms with Gasteiger partial charge >= 0.3 is 0 Å². The molecule has 0 spiro atoms. The highest BCUT2D eigenvalue weighted by Crippen LogP contribution is 2.31. The van der Waals surface area contributed by atoms with Crippen molar-refractivity contribution in [3.8, 4) is 0 Å². The number of hydrogen-bond acceptors (Lipinski definition) is 2. The standard InChI is InChI=1S/C18H18ClFN2O/c19-15-4-2-5-16(20)14(15)10-18(23)22-17-6-1-3-11-9-12(21)7-8-13(11)17/h2,4-5,7-9,17H,1,3,6,10,21H2,(H,22,23). The van der Waals surface area contributed by atoms with Gasteiger partial charge in [-0.2, -0.15) is 0 Å². The second kappa shape index (κ2) is 6.59. The first-order chi connectivity index (χ1) is 11.0. The molecule has 2 aromatic carbocycles. The van der Waals surface area contributed by atoms with Gasteiger partial charge in [0.1, 0.15) is 5.82 Å². The van der Waals surface area contributed by atoms with Gasteiger partial charge in [-0.15, -0.1) is 0 Å². The van der Waals surface area contributed by atoms with E-state index in [0.717, 1.165) is 30.5 Å². The lowest BCUT2D eigenvalue weighted by molar-refractivity contribution is -0.121. The summed E-state index contributed by atoms with van der Waals surface area (Å²) in [5, 5.41) is 3.27. The molecular formula is C18H18ClFN2O. The van der Waals surface area contributed by atoms with Crippen LogP contribution in [0.5, 0.6) is 0 Å². The first-order valence-electron chi connectivity index (χ1n) is 7.65. The zero-order chi connectivity index (χ0) is 16.4. The second-order valence-corrected chi connectivity index (χ2v) is 6.25. The zero-order valence-electron chi connectivity index (χ0n) is 12.6. The molecule has 1 aliphatic carbocycles. The summed E-state index contributed by atoms with van der Waals surface area (Å²) in [6.07, 6.45) is 2.76. The molecule has 1 aliphatic rings. The van der Waals surface area contributed by atoms with Gasteiger partial charge in [-0.05, 0) is 54.7 Å². The molecular weight excluding hydrogens is 315 g/mol. The number of aryl methyl sites for hydroxylation is 1. The molecule has 1 unspecified atom stereocenters. The van der Waals surface area contributed by atoms with Crippen LogP contribution in [-0.2, 0) is 17.6 Å². The molecule has 1 atom stereocenters. The first-order valence-corrected chi connectivity index (χ1v) is 8.03. The minimum Gasteiger partial charge on any atom is -0.399 e. The van der Waals surface area contributed by atoms with Crippen molar-refractivity contribution in [3.63, 3.8) is 0 Å². The average Bonchev–Trinajstić information content (AvgIpc) is 2.51. The Morgan fingerprint density at radius 1 is 1.35 bits per heavy atom. The third-order valence-corrected chi connectivity index (χ3v) is 4.57. The predicted octanol–water partition coefficient (Wildman–Crippen LogP) is 3.80. The molecule has 0 heterocycles. The molecule has 1 amide bonds. The van der Waals surface area contributed by atoms with Crippen LogP contribution in [-0.4, -0.2) is 5.91 Å². The molecule has 120 valence electrons. The van der Waals surface area contributed by atoms with Crippen molar-refractivity contribution in [3.05, 3.63) is 63.9 Å². The summed E-state index contributed by atoms with van der Waals surface area (Å²) in [6.45, 7) is 0. The number of fused-ring (bicyclic) bond motifs is 1. The normalized spacial score (nSPS) is 16.7. The Balaban J connectivity index is 1.75. The van der Waals surface area contributed by atoms with Crippen LogP contribution < -0.4 is 11.1 Å². The molecule has 3 N–H and O–H groups in total. The quantitative estimate of drug-likeness (QED) is 0.840. The number of nitrogens with two attached hydrogens (primary N) is 1. The van der Waals surface area contributed by atoms with Crippen molar-refractivity contribution in [2.45, 2.75) is 31.7 Å². The number of amides is 1. The molecule has 3 rings (SSSR count). The summed E-state index contributed by atoms with van der Waals surface area (Å²) >= 11 is 5.98. The number of anilines is 1. The summed E-state index contributed by atoms with van der Waals surface area (Å²) in [6, 6.07) is 10.1. The van der Waals surface area contributed by atoms with E-state index in [4.69, 9.17) is 17.3 Å². The van der Waals surface area contributed by atoms with E-state index in [9.17, 15) is 9.18 Å². The van der Waals surface area contributed by atoms with Crippen molar-refractivity contribution in [2.24, 2.45) is 0 Å². The highest BCUT2D eigenvalue weighted by atomic mass is 35.5. The minimum absolute atomic E-state index is 0.0580. The Hall–Kier alpha value is -2.07. The van der Waals surface area contributed by atoms with Crippen LogP contribution in [0.25, 0.3) is 0 Å². The van der Waals surface area contributed by atoms with Crippen molar-refractivity contribution < 1.29 is 9.18 Å². The number of rotatable bonds is 3. The number of benzene rings is 2. The number of hydrogen-bond donors (Lipinski definition) is 2. The lowest BCUT2D eigenvalue weighted by Crippen LogP contribution is -2.32. The number of nitrogen functional groups attached to an aromatic ring is 1. The van der Waals surface area contributed by atoms with Crippen LogP contribution in [0.1, 0.15) is 35.6 Å². The largest absolute Gasteiger partial charge is 0.399 e. The van der Waals surface area contributed by atoms with Gasteiger partial charge in [0.05, 0.1) is 12.5 Å². The monoisotopic (exact) mass is 332 g/mol. The van der Waals surface area contributed by atoms with Gasteiger partial charge in [0.15, 0.2) is 0 Å². The average molecular weight is 333 g/mol. The third kappa shape index (κ3) is 3.48. The maximum atomic E-state index is 13.8. The molecule has 5 heteroatoms. The molecule has 0 saturated heterocycles. The van der Waals surface area contributed by atoms with E-state index in [1.807, 2.05) is 18.2 Å². The van der Waals surface area contributed by atoms with Crippen LogP contribution in [0.3, 0.4) is 0 Å². The SMILES string of the molecule is Nc1ccc2c(c1)CCCC2NC(=O)Cc1c(F)cccc1Cl. The van der Waals surface area contributed by atoms with Crippen molar-refractivity contribution in [1.82, 2.24) is 5.32 Å². The maximum absolute atomic E-state index is 13.8. The Morgan fingerprint density at radius 2 is 2.17 bits per heavy atom. The van der Waals surface area contributed by atoms with Gasteiger partial charge < -0.3 is 11.1 Å². The lowest BCUT2D eigenvalue weighted by Gasteiger charge is -2.26. The Morgan fingerprint density at radius 3 is 2.96 bits per heavy atom. The number of nitrogens with one attached hydrogen (secondary N) is 1. The van der Waals surface area contributed by atoms with Gasteiger partial charge in [-0.25, -0.2) is 4.39 Å². The molecule has 3 nitrogen and oxygen atoms in total. The molecule has 0 saturated carbocycles. The van der Waals surface area contributed by atoms with Crippen LogP contribution in [0.15, 0.2) is 36.4 Å². The van der Waals surface area contributed by atoms with Gasteiger partial charge in [0.2, 0.25) is 5.91 Å². The van der Waals surface area contributed by atoms with Crippen molar-refractivity contribution in [2.75, 3.05) is 5.73 Å². The van der Waals surface area contributed by atoms with Crippen LogP contribution in [0.2, 0.25) is 5.02 Å². The predicted molar refractivity (Wildman–Crippen MR) is 89.8 cm³/mol. The van der Waals surface area contributed by atoms with Gasteiger partial charge in [0, 0.05) is 16.3 Å². The topological polar surface area (TPSA) is 55.1 Å². The van der Waals surface area contributed by atoms with Gasteiger partial charge in [-0.1, -0.05) is 23.7 Å². The highest BCUT2D eigenvalue weighted by molar-refractivity contribution is 6.31. The van der Waals surface area contributed by atoms with Gasteiger partial charge in [0.25, 0.3) is 0 Å². The summed E-state index contributed by atoms with van der Waals surface area (Å²) in [5.41, 5.74) is 9.05. The van der Waals surface area contributed by atoms with E-state index >= 15 is 0 Å². The molecule has 0 fully saturated rings. The fourth-order valence-corrected chi connectivity index (χ4v) is 3.32. The number of halogens is 2. The van der Waals surface area contributed by atoms with E-state index in [-0.39, 0.29) is 29.0 Å². The minimum atomic E-state index is -0.454. The summed E-state index contributed by atoms with van der Waals surface area (Å²) in [5.74, 6) is -0.684. The molecule has 23 heavy (non-hydrogen) atoms. The Kier molecular flexibility index (Phi) is 4.53. The molecule has 0 aliphatic heterocycles.